The highest BCUT2D eigenvalue weighted by molar-refractivity contribution is 6.42. The molecule has 0 saturated carbocycles. The van der Waals surface area contributed by atoms with Gasteiger partial charge in [-0.25, -0.2) is 4.39 Å². The fraction of sp³-hybridized carbons (Fsp3) is 0.143. The summed E-state index contributed by atoms with van der Waals surface area (Å²) in [5.41, 5.74) is -1.41. The van der Waals surface area contributed by atoms with Crippen molar-refractivity contribution in [1.29, 1.82) is 0 Å². The lowest BCUT2D eigenvalue weighted by Crippen LogP contribution is -2.07. The first-order valence-electron chi connectivity index (χ1n) is 3.04. The Balaban J connectivity index is 3.32. The van der Waals surface area contributed by atoms with Crippen LogP contribution in [-0.4, -0.2) is 0 Å². The average Bonchev–Trinajstić information content (AvgIpc) is 1.94. The summed E-state index contributed by atoms with van der Waals surface area (Å²) < 4.78 is 48.7. The molecular formula is C7H2Cl2F4. The van der Waals surface area contributed by atoms with Crippen LogP contribution in [0.2, 0.25) is 10.0 Å². The molecule has 0 unspecified atom stereocenters. The normalized spacial score (nSPS) is 11.8. The van der Waals surface area contributed by atoms with Gasteiger partial charge in [-0.15, -0.1) is 0 Å². The van der Waals surface area contributed by atoms with Crippen molar-refractivity contribution in [2.24, 2.45) is 0 Å². The van der Waals surface area contributed by atoms with Gasteiger partial charge in [-0.1, -0.05) is 23.2 Å². The average molecular weight is 233 g/mol. The summed E-state index contributed by atoms with van der Waals surface area (Å²) >= 11 is 10.6. The van der Waals surface area contributed by atoms with Gasteiger partial charge in [0.15, 0.2) is 0 Å². The van der Waals surface area contributed by atoms with E-state index in [9.17, 15) is 17.6 Å². The lowest BCUT2D eigenvalue weighted by molar-refractivity contribution is -0.139. The van der Waals surface area contributed by atoms with Crippen LogP contribution in [-0.2, 0) is 6.18 Å². The van der Waals surface area contributed by atoms with E-state index in [0.29, 0.717) is 12.1 Å². The van der Waals surface area contributed by atoms with Gasteiger partial charge in [0, 0.05) is 0 Å². The highest BCUT2D eigenvalue weighted by atomic mass is 35.5. The van der Waals surface area contributed by atoms with Gasteiger partial charge in [-0.2, -0.15) is 13.2 Å². The molecule has 72 valence electrons. The molecule has 0 bridgehead atoms. The van der Waals surface area contributed by atoms with Crippen molar-refractivity contribution >= 4 is 23.2 Å². The minimum atomic E-state index is -4.75. The Hall–Kier alpha value is -0.480. The standard InChI is InChI=1S/C7H2Cl2F4/c8-4-1-3(7(11,12)13)6(10)2-5(4)9/h1-2H. The maximum absolute atomic E-state index is 12.7. The third-order valence-corrected chi connectivity index (χ3v) is 2.04. The molecule has 0 amide bonds. The molecule has 0 fully saturated rings. The molecule has 0 nitrogen and oxygen atoms in total. The fourth-order valence-electron chi connectivity index (χ4n) is 0.740. The van der Waals surface area contributed by atoms with Crippen LogP contribution in [0.3, 0.4) is 0 Å². The van der Waals surface area contributed by atoms with Gasteiger partial charge >= 0.3 is 6.18 Å². The third-order valence-electron chi connectivity index (χ3n) is 1.32. The minimum absolute atomic E-state index is 0.243. The molecular weight excluding hydrogens is 231 g/mol. The van der Waals surface area contributed by atoms with Gasteiger partial charge in [0.1, 0.15) is 5.82 Å². The number of halogens is 6. The van der Waals surface area contributed by atoms with Gasteiger partial charge < -0.3 is 0 Å². The second-order valence-electron chi connectivity index (χ2n) is 2.24. The van der Waals surface area contributed by atoms with Crippen molar-refractivity contribution in [1.82, 2.24) is 0 Å². The molecule has 0 spiro atoms. The second kappa shape index (κ2) is 3.35. The lowest BCUT2D eigenvalue weighted by atomic mass is 10.2. The molecule has 6 heteroatoms. The van der Waals surface area contributed by atoms with Crippen molar-refractivity contribution < 1.29 is 17.6 Å². The minimum Gasteiger partial charge on any atom is -0.206 e. The van der Waals surface area contributed by atoms with E-state index in [1.54, 1.807) is 0 Å². The van der Waals surface area contributed by atoms with Crippen LogP contribution in [0.25, 0.3) is 0 Å². The summed E-state index contributed by atoms with van der Waals surface area (Å²) in [6, 6.07) is 0.992. The molecule has 1 rings (SSSR count). The van der Waals surface area contributed by atoms with E-state index >= 15 is 0 Å². The fourth-order valence-corrected chi connectivity index (χ4v) is 1.05. The molecule has 0 N–H and O–H groups in total. The highest BCUT2D eigenvalue weighted by Crippen LogP contribution is 2.35. The second-order valence-corrected chi connectivity index (χ2v) is 3.06. The third kappa shape index (κ3) is 2.25. The van der Waals surface area contributed by atoms with Gasteiger partial charge in [0.05, 0.1) is 15.6 Å². The van der Waals surface area contributed by atoms with E-state index in [-0.39, 0.29) is 10.0 Å². The summed E-state index contributed by atoms with van der Waals surface area (Å²) in [7, 11) is 0. The van der Waals surface area contributed by atoms with Crippen molar-refractivity contribution in [3.8, 4) is 0 Å². The Bertz CT molecular complexity index is 332. The zero-order valence-electron chi connectivity index (χ0n) is 5.92. The van der Waals surface area contributed by atoms with Gasteiger partial charge in [-0.05, 0) is 12.1 Å². The maximum Gasteiger partial charge on any atom is 0.419 e. The first-order chi connectivity index (χ1) is 5.82. The van der Waals surface area contributed by atoms with E-state index in [0.717, 1.165) is 0 Å². The van der Waals surface area contributed by atoms with Crippen LogP contribution in [0, 0.1) is 5.82 Å². The molecule has 0 aliphatic rings. The van der Waals surface area contributed by atoms with E-state index in [1.807, 2.05) is 0 Å². The van der Waals surface area contributed by atoms with E-state index in [2.05, 4.69) is 0 Å². The van der Waals surface area contributed by atoms with Crippen LogP contribution >= 0.6 is 23.2 Å². The smallest absolute Gasteiger partial charge is 0.206 e. The Morgan fingerprint density at radius 2 is 1.46 bits per heavy atom. The Labute approximate surface area is 81.1 Å². The van der Waals surface area contributed by atoms with Crippen LogP contribution in [0.4, 0.5) is 17.6 Å². The number of hydrogen-bond donors (Lipinski definition) is 0. The molecule has 0 saturated heterocycles. The summed E-state index contributed by atoms with van der Waals surface area (Å²) in [5.74, 6) is -1.43. The number of alkyl halides is 3. The molecule has 0 heterocycles. The quantitative estimate of drug-likeness (QED) is 0.466. The predicted octanol–water partition coefficient (Wildman–Crippen LogP) is 4.15. The molecule has 13 heavy (non-hydrogen) atoms. The monoisotopic (exact) mass is 232 g/mol. The zero-order chi connectivity index (χ0) is 10.2. The molecule has 0 aliphatic heterocycles. The Morgan fingerprint density at radius 3 is 1.92 bits per heavy atom. The zero-order valence-corrected chi connectivity index (χ0v) is 7.43. The topological polar surface area (TPSA) is 0 Å². The first-order valence-corrected chi connectivity index (χ1v) is 3.79. The van der Waals surface area contributed by atoms with Gasteiger partial charge in [0.2, 0.25) is 0 Å². The summed E-state index contributed by atoms with van der Waals surface area (Å²) in [6.07, 6.45) is -4.75. The van der Waals surface area contributed by atoms with Crippen molar-refractivity contribution in [3.05, 3.63) is 33.6 Å². The molecule has 0 radical (unpaired) electrons. The molecule has 0 atom stereocenters. The lowest BCUT2D eigenvalue weighted by Gasteiger charge is -2.08. The summed E-state index contributed by atoms with van der Waals surface area (Å²) in [5, 5.41) is -0.567. The largest absolute Gasteiger partial charge is 0.419 e. The predicted molar refractivity (Wildman–Crippen MR) is 41.4 cm³/mol. The maximum atomic E-state index is 12.7. The van der Waals surface area contributed by atoms with Crippen LogP contribution < -0.4 is 0 Å². The van der Waals surface area contributed by atoms with Crippen molar-refractivity contribution in [2.75, 3.05) is 0 Å². The van der Waals surface area contributed by atoms with E-state index in [4.69, 9.17) is 23.2 Å². The molecule has 1 aromatic carbocycles. The SMILES string of the molecule is Fc1cc(Cl)c(Cl)cc1C(F)(F)F. The Morgan fingerprint density at radius 1 is 1.00 bits per heavy atom. The Kier molecular flexibility index (Phi) is 2.73. The van der Waals surface area contributed by atoms with Crippen molar-refractivity contribution in [2.45, 2.75) is 6.18 Å². The summed E-state index contributed by atoms with van der Waals surface area (Å²) in [4.78, 5) is 0. The number of benzene rings is 1. The van der Waals surface area contributed by atoms with Crippen LogP contribution in [0.5, 0.6) is 0 Å². The van der Waals surface area contributed by atoms with E-state index < -0.39 is 17.6 Å². The van der Waals surface area contributed by atoms with Gasteiger partial charge in [0.25, 0.3) is 0 Å². The highest BCUT2D eigenvalue weighted by Gasteiger charge is 2.34. The summed E-state index contributed by atoms with van der Waals surface area (Å²) in [6.45, 7) is 0. The van der Waals surface area contributed by atoms with E-state index in [1.165, 1.54) is 0 Å². The van der Waals surface area contributed by atoms with Crippen LogP contribution in [0.15, 0.2) is 12.1 Å². The number of hydrogen-bond acceptors (Lipinski definition) is 0. The number of rotatable bonds is 0. The molecule has 1 aromatic rings. The molecule has 0 aliphatic carbocycles. The van der Waals surface area contributed by atoms with Gasteiger partial charge in [-0.3, -0.25) is 0 Å². The molecule has 0 aromatic heterocycles. The first kappa shape index (κ1) is 10.6. The van der Waals surface area contributed by atoms with Crippen molar-refractivity contribution in [3.63, 3.8) is 0 Å². The van der Waals surface area contributed by atoms with Crippen LogP contribution in [0.1, 0.15) is 5.56 Å².